The zero-order valence-electron chi connectivity index (χ0n) is 21.2. The van der Waals surface area contributed by atoms with Crippen molar-refractivity contribution in [2.75, 3.05) is 13.6 Å². The van der Waals surface area contributed by atoms with Crippen LogP contribution < -0.4 is 5.32 Å². The van der Waals surface area contributed by atoms with Crippen molar-refractivity contribution in [2.45, 2.75) is 53.1 Å². The van der Waals surface area contributed by atoms with E-state index in [9.17, 15) is 14.4 Å². The molecule has 3 unspecified atom stereocenters. The largest absolute Gasteiger partial charge is 0.351 e. The van der Waals surface area contributed by atoms with Crippen molar-refractivity contribution in [3.05, 3.63) is 47.7 Å². The maximum absolute atomic E-state index is 13.4. The van der Waals surface area contributed by atoms with Crippen LogP contribution in [0.2, 0.25) is 0 Å². The van der Waals surface area contributed by atoms with Gasteiger partial charge in [-0.15, -0.1) is 0 Å². The fourth-order valence-corrected chi connectivity index (χ4v) is 4.78. The molecule has 8 nitrogen and oxygen atoms in total. The first-order valence-corrected chi connectivity index (χ1v) is 12.1. The summed E-state index contributed by atoms with van der Waals surface area (Å²) in [6.07, 6.45) is 2.58. The molecule has 1 aliphatic rings. The number of nitrogens with one attached hydrogen (secondary N) is 1. The minimum absolute atomic E-state index is 0.00978. The van der Waals surface area contributed by atoms with Crippen LogP contribution in [-0.4, -0.2) is 56.9 Å². The molecule has 3 atom stereocenters. The first-order valence-electron chi connectivity index (χ1n) is 12.1. The van der Waals surface area contributed by atoms with Crippen LogP contribution in [0.25, 0.3) is 22.3 Å². The van der Waals surface area contributed by atoms with E-state index in [1.54, 1.807) is 34.0 Å². The van der Waals surface area contributed by atoms with Gasteiger partial charge in [-0.25, -0.2) is 9.67 Å². The highest BCUT2D eigenvalue weighted by Gasteiger charge is 2.36. The highest BCUT2D eigenvalue weighted by atomic mass is 16.2. The Labute approximate surface area is 205 Å². The van der Waals surface area contributed by atoms with Gasteiger partial charge in [0, 0.05) is 36.8 Å². The first kappa shape index (κ1) is 24.6. The normalized spacial score (nSPS) is 20.5. The molecule has 0 saturated carbocycles. The Hall–Kier alpha value is -3.55. The number of hydrogen-bond acceptors (Lipinski definition) is 5. The monoisotopic (exact) mass is 475 g/mol. The summed E-state index contributed by atoms with van der Waals surface area (Å²) in [6.45, 7) is 9.94. The lowest BCUT2D eigenvalue weighted by molar-refractivity contribution is -0.141. The molecule has 8 heteroatoms. The minimum Gasteiger partial charge on any atom is -0.351 e. The number of carbonyl (C=O) groups is 3. The van der Waals surface area contributed by atoms with Gasteiger partial charge < -0.3 is 10.2 Å². The van der Waals surface area contributed by atoms with Gasteiger partial charge >= 0.3 is 0 Å². The van der Waals surface area contributed by atoms with Crippen molar-refractivity contribution in [3.63, 3.8) is 0 Å². The highest BCUT2D eigenvalue weighted by molar-refractivity contribution is 6.06. The lowest BCUT2D eigenvalue weighted by Crippen LogP contribution is -2.51. The number of aromatic nitrogens is 3. The second kappa shape index (κ2) is 9.60. The number of Topliss-reactive ketones (excluding diaryl/α,β-unsaturated/α-hetero) is 1. The highest BCUT2D eigenvalue weighted by Crippen LogP contribution is 2.29. The number of nitrogens with zero attached hydrogens (tertiary/aromatic N) is 4. The molecule has 1 aromatic carbocycles. The number of amides is 2. The third-order valence-electron chi connectivity index (χ3n) is 7.10. The van der Waals surface area contributed by atoms with Gasteiger partial charge in [0.05, 0.1) is 28.8 Å². The van der Waals surface area contributed by atoms with E-state index in [-0.39, 0.29) is 48.1 Å². The van der Waals surface area contributed by atoms with Crippen LogP contribution in [0.5, 0.6) is 0 Å². The molecule has 0 spiro atoms. The quantitative estimate of drug-likeness (QED) is 0.541. The average molecular weight is 476 g/mol. The summed E-state index contributed by atoms with van der Waals surface area (Å²) >= 11 is 0. The van der Waals surface area contributed by atoms with Crippen molar-refractivity contribution in [1.29, 1.82) is 0 Å². The Kier molecular flexibility index (Phi) is 6.74. The molecule has 2 aromatic heterocycles. The molecule has 1 aliphatic heterocycles. The Balaban J connectivity index is 1.68. The van der Waals surface area contributed by atoms with E-state index in [4.69, 9.17) is 4.98 Å². The molecule has 184 valence electrons. The van der Waals surface area contributed by atoms with Crippen molar-refractivity contribution in [3.8, 4) is 11.3 Å². The number of piperidine rings is 1. The van der Waals surface area contributed by atoms with Gasteiger partial charge in [-0.3, -0.25) is 14.4 Å². The lowest BCUT2D eigenvalue weighted by atomic mass is 9.83. The Morgan fingerprint density at radius 1 is 1.17 bits per heavy atom. The average Bonchev–Trinajstić information content (AvgIpc) is 3.26. The SMILES string of the molecule is CC(=O)c1ccc(-c2cc(C(=O)NCC3C(=O)N(C)C(C)CC3C)c3cnn(C(C)C)c3n2)cc1. The molecule has 3 heterocycles. The summed E-state index contributed by atoms with van der Waals surface area (Å²) in [4.78, 5) is 44.5. The van der Waals surface area contributed by atoms with Gasteiger partial charge in [0.25, 0.3) is 5.91 Å². The maximum Gasteiger partial charge on any atom is 0.252 e. The van der Waals surface area contributed by atoms with Gasteiger partial charge in [-0.05, 0) is 46.1 Å². The number of rotatable bonds is 6. The molecular formula is C27H33N5O3. The third kappa shape index (κ3) is 4.70. The summed E-state index contributed by atoms with van der Waals surface area (Å²) in [5.41, 5.74) is 3.12. The predicted octanol–water partition coefficient (Wildman–Crippen LogP) is 4.11. The molecule has 1 N–H and O–H groups in total. The molecule has 2 amide bonds. The molecule has 1 saturated heterocycles. The smallest absolute Gasteiger partial charge is 0.252 e. The molecule has 3 aromatic rings. The Morgan fingerprint density at radius 3 is 2.49 bits per heavy atom. The van der Waals surface area contributed by atoms with Gasteiger partial charge in [0.15, 0.2) is 11.4 Å². The van der Waals surface area contributed by atoms with Gasteiger partial charge in [0.1, 0.15) is 0 Å². The van der Waals surface area contributed by atoms with E-state index in [0.717, 1.165) is 12.0 Å². The van der Waals surface area contributed by atoms with E-state index < -0.39 is 0 Å². The second-order valence-electron chi connectivity index (χ2n) is 9.94. The topological polar surface area (TPSA) is 97.2 Å². The summed E-state index contributed by atoms with van der Waals surface area (Å²) in [7, 11) is 1.82. The number of pyridine rings is 1. The number of ketones is 1. The fourth-order valence-electron chi connectivity index (χ4n) is 4.78. The number of carbonyl (C=O) groups excluding carboxylic acids is 3. The van der Waals surface area contributed by atoms with Crippen LogP contribution in [0.3, 0.4) is 0 Å². The van der Waals surface area contributed by atoms with Crippen molar-refractivity contribution in [2.24, 2.45) is 11.8 Å². The van der Waals surface area contributed by atoms with Crippen LogP contribution >= 0.6 is 0 Å². The summed E-state index contributed by atoms with van der Waals surface area (Å²) in [5.74, 6) is -0.275. The zero-order chi connectivity index (χ0) is 25.4. The van der Waals surface area contributed by atoms with E-state index in [1.165, 1.54) is 6.92 Å². The molecule has 0 radical (unpaired) electrons. The van der Waals surface area contributed by atoms with Crippen molar-refractivity contribution in [1.82, 2.24) is 25.0 Å². The van der Waals surface area contributed by atoms with Gasteiger partial charge in [-0.2, -0.15) is 5.10 Å². The standard InChI is InChI=1S/C27H33N5O3/c1-15(2)32-25-23(14-29-32)21(12-24(30-25)20-9-7-19(8-10-20)18(5)33)26(34)28-13-22-16(3)11-17(4)31(6)27(22)35/h7-10,12,14-17,22H,11,13H2,1-6H3,(H,28,34). The molecule has 1 fully saturated rings. The van der Waals surface area contributed by atoms with Crippen molar-refractivity contribution < 1.29 is 14.4 Å². The second-order valence-corrected chi connectivity index (χ2v) is 9.94. The Morgan fingerprint density at radius 2 is 1.86 bits per heavy atom. The third-order valence-corrected chi connectivity index (χ3v) is 7.10. The summed E-state index contributed by atoms with van der Waals surface area (Å²) in [6, 6.07) is 9.21. The van der Waals surface area contributed by atoms with E-state index in [0.29, 0.717) is 27.9 Å². The van der Waals surface area contributed by atoms with Crippen LogP contribution in [-0.2, 0) is 4.79 Å². The molecule has 35 heavy (non-hydrogen) atoms. The van der Waals surface area contributed by atoms with Crippen molar-refractivity contribution >= 4 is 28.6 Å². The number of hydrogen-bond donors (Lipinski definition) is 1. The van der Waals surface area contributed by atoms with Crippen LogP contribution in [0.15, 0.2) is 36.5 Å². The van der Waals surface area contributed by atoms with Gasteiger partial charge in [-0.1, -0.05) is 31.2 Å². The fraction of sp³-hybridized carbons (Fsp3) is 0.444. The van der Waals surface area contributed by atoms with Gasteiger partial charge in [0.2, 0.25) is 5.91 Å². The van der Waals surface area contributed by atoms with Crippen LogP contribution in [0, 0.1) is 11.8 Å². The minimum atomic E-state index is -0.261. The maximum atomic E-state index is 13.4. The predicted molar refractivity (Wildman–Crippen MR) is 135 cm³/mol. The summed E-state index contributed by atoms with van der Waals surface area (Å²) in [5, 5.41) is 8.13. The van der Waals surface area contributed by atoms with Crippen LogP contribution in [0.1, 0.15) is 67.8 Å². The first-order chi connectivity index (χ1) is 16.6. The van der Waals surface area contributed by atoms with E-state index >= 15 is 0 Å². The van der Waals surface area contributed by atoms with E-state index in [2.05, 4.69) is 17.3 Å². The summed E-state index contributed by atoms with van der Waals surface area (Å²) < 4.78 is 1.79. The zero-order valence-corrected chi connectivity index (χ0v) is 21.2. The Bertz CT molecular complexity index is 1280. The molecule has 4 rings (SSSR count). The van der Waals surface area contributed by atoms with Crippen LogP contribution in [0.4, 0.5) is 0 Å². The molecular weight excluding hydrogens is 442 g/mol. The molecule has 0 aliphatic carbocycles. The number of likely N-dealkylation sites (tertiary alicyclic amines) is 1. The van der Waals surface area contributed by atoms with E-state index in [1.807, 2.05) is 40.0 Å². The lowest BCUT2D eigenvalue weighted by Gasteiger charge is -2.39. The molecule has 0 bridgehead atoms. The number of benzene rings is 1. The number of fused-ring (bicyclic) bond motifs is 1.